The molecule has 1 unspecified atom stereocenters. The summed E-state index contributed by atoms with van der Waals surface area (Å²) in [5.41, 5.74) is 2.57. The van der Waals surface area contributed by atoms with E-state index in [9.17, 15) is 4.79 Å². The molecule has 5 heteroatoms. The van der Waals surface area contributed by atoms with Crippen molar-refractivity contribution in [3.05, 3.63) is 48.4 Å². The second kappa shape index (κ2) is 5.88. The summed E-state index contributed by atoms with van der Waals surface area (Å²) in [7, 11) is 0. The number of benzene rings is 1. The quantitative estimate of drug-likeness (QED) is 0.766. The smallest absolute Gasteiger partial charge is 0.207 e. The monoisotopic (exact) mass is 243 g/mol. The number of aliphatic hydroxyl groups excluding tert-OH is 1. The summed E-state index contributed by atoms with van der Waals surface area (Å²) in [6.45, 7) is -0.136. The number of nitrogens with zero attached hydrogens (tertiary/aromatic N) is 2. The van der Waals surface area contributed by atoms with Crippen molar-refractivity contribution >= 4 is 6.41 Å². The molecule has 1 aromatic heterocycles. The molecule has 0 radical (unpaired) electrons. The van der Waals surface area contributed by atoms with E-state index in [1.165, 1.54) is 0 Å². The summed E-state index contributed by atoms with van der Waals surface area (Å²) in [4.78, 5) is 18.6. The van der Waals surface area contributed by atoms with E-state index in [0.29, 0.717) is 6.41 Å². The van der Waals surface area contributed by atoms with Crippen LogP contribution in [0, 0.1) is 0 Å². The highest BCUT2D eigenvalue weighted by molar-refractivity contribution is 5.58. The normalized spacial score (nSPS) is 11.8. The Bertz CT molecular complexity index is 499. The molecule has 1 aromatic carbocycles. The number of nitrogens with one attached hydrogen (secondary N) is 1. The summed E-state index contributed by atoms with van der Waals surface area (Å²) in [6, 6.07) is 7.09. The van der Waals surface area contributed by atoms with Crippen LogP contribution in [0.4, 0.5) is 0 Å². The molecule has 0 saturated carbocycles. The van der Waals surface area contributed by atoms with E-state index in [4.69, 9.17) is 5.11 Å². The summed E-state index contributed by atoms with van der Waals surface area (Å²) < 4.78 is 0. The fourth-order valence-electron chi connectivity index (χ4n) is 1.67. The van der Waals surface area contributed by atoms with Crippen molar-refractivity contribution in [1.29, 1.82) is 0 Å². The van der Waals surface area contributed by atoms with E-state index < -0.39 is 0 Å². The maximum atomic E-state index is 10.4. The summed E-state index contributed by atoms with van der Waals surface area (Å²) >= 11 is 0. The first-order valence-electron chi connectivity index (χ1n) is 5.52. The van der Waals surface area contributed by atoms with Gasteiger partial charge in [0.15, 0.2) is 0 Å². The highest BCUT2D eigenvalue weighted by Crippen LogP contribution is 2.19. The van der Waals surface area contributed by atoms with Crippen molar-refractivity contribution in [3.8, 4) is 11.3 Å². The number of amides is 1. The third-order valence-electron chi connectivity index (χ3n) is 2.62. The summed E-state index contributed by atoms with van der Waals surface area (Å²) in [5.74, 6) is 0. The standard InChI is InChI=1S/C13H13N3O2/c17-8-13(16-9-18)11-3-1-10(2-4-11)12-7-14-5-6-15-12/h1-7,9,13,17H,8H2,(H,16,18). The van der Waals surface area contributed by atoms with Crippen LogP contribution in [0.25, 0.3) is 11.3 Å². The fraction of sp³-hybridized carbons (Fsp3) is 0.154. The zero-order valence-electron chi connectivity index (χ0n) is 9.65. The molecule has 5 nitrogen and oxygen atoms in total. The minimum atomic E-state index is -0.376. The lowest BCUT2D eigenvalue weighted by Gasteiger charge is -2.13. The van der Waals surface area contributed by atoms with E-state index in [2.05, 4.69) is 15.3 Å². The second-order valence-electron chi connectivity index (χ2n) is 3.73. The van der Waals surface area contributed by atoms with Gasteiger partial charge in [-0.25, -0.2) is 0 Å². The largest absolute Gasteiger partial charge is 0.394 e. The van der Waals surface area contributed by atoms with Crippen LogP contribution in [0.1, 0.15) is 11.6 Å². The van der Waals surface area contributed by atoms with Gasteiger partial charge in [0.2, 0.25) is 6.41 Å². The molecular weight excluding hydrogens is 230 g/mol. The number of aromatic nitrogens is 2. The molecule has 18 heavy (non-hydrogen) atoms. The van der Waals surface area contributed by atoms with Crippen LogP contribution in [0.3, 0.4) is 0 Å². The van der Waals surface area contributed by atoms with Gasteiger partial charge in [-0.05, 0) is 5.56 Å². The molecule has 1 heterocycles. The molecule has 1 amide bonds. The van der Waals surface area contributed by atoms with Gasteiger partial charge in [0.25, 0.3) is 0 Å². The Kier molecular flexibility index (Phi) is 3.98. The van der Waals surface area contributed by atoms with E-state index in [1.54, 1.807) is 18.6 Å². The Labute approximate surface area is 105 Å². The predicted octanol–water partition coefficient (Wildman–Crippen LogP) is 0.923. The summed E-state index contributed by atoms with van der Waals surface area (Å²) in [6.07, 6.45) is 5.51. The van der Waals surface area contributed by atoms with Crippen LogP contribution < -0.4 is 5.32 Å². The van der Waals surface area contributed by atoms with Gasteiger partial charge in [0.05, 0.1) is 24.5 Å². The van der Waals surface area contributed by atoms with E-state index >= 15 is 0 Å². The molecule has 0 bridgehead atoms. The Morgan fingerprint density at radius 3 is 2.61 bits per heavy atom. The number of hydrogen-bond acceptors (Lipinski definition) is 4. The molecule has 2 rings (SSSR count). The first kappa shape index (κ1) is 12.2. The average molecular weight is 243 g/mol. The first-order valence-corrected chi connectivity index (χ1v) is 5.52. The van der Waals surface area contributed by atoms with Gasteiger partial charge >= 0.3 is 0 Å². The Morgan fingerprint density at radius 2 is 2.06 bits per heavy atom. The van der Waals surface area contributed by atoms with Crippen LogP contribution in [-0.2, 0) is 4.79 Å². The lowest BCUT2D eigenvalue weighted by molar-refractivity contribution is -0.110. The highest BCUT2D eigenvalue weighted by atomic mass is 16.3. The third kappa shape index (κ3) is 2.70. The van der Waals surface area contributed by atoms with E-state index in [0.717, 1.165) is 16.8 Å². The van der Waals surface area contributed by atoms with Gasteiger partial charge in [-0.15, -0.1) is 0 Å². The number of rotatable bonds is 5. The van der Waals surface area contributed by atoms with Gasteiger partial charge in [0.1, 0.15) is 0 Å². The Hall–Kier alpha value is -2.27. The lowest BCUT2D eigenvalue weighted by Crippen LogP contribution is -2.22. The molecule has 0 aliphatic rings. The zero-order valence-corrected chi connectivity index (χ0v) is 9.65. The highest BCUT2D eigenvalue weighted by Gasteiger charge is 2.08. The Morgan fingerprint density at radius 1 is 1.28 bits per heavy atom. The summed E-state index contributed by atoms with van der Waals surface area (Å²) in [5, 5.41) is 11.7. The van der Waals surface area contributed by atoms with Crippen LogP contribution >= 0.6 is 0 Å². The predicted molar refractivity (Wildman–Crippen MR) is 66.5 cm³/mol. The second-order valence-corrected chi connectivity index (χ2v) is 3.73. The molecule has 0 aliphatic carbocycles. The number of hydrogen-bond donors (Lipinski definition) is 2. The van der Waals surface area contributed by atoms with Crippen LogP contribution in [-0.4, -0.2) is 28.1 Å². The number of carbonyl (C=O) groups is 1. The minimum absolute atomic E-state index is 0.136. The van der Waals surface area contributed by atoms with E-state index in [1.807, 2.05) is 24.3 Å². The van der Waals surface area contributed by atoms with Crippen molar-refractivity contribution in [2.75, 3.05) is 6.61 Å². The van der Waals surface area contributed by atoms with Gasteiger partial charge < -0.3 is 10.4 Å². The molecule has 2 N–H and O–H groups in total. The topological polar surface area (TPSA) is 75.1 Å². The van der Waals surface area contributed by atoms with Crippen LogP contribution in [0.5, 0.6) is 0 Å². The van der Waals surface area contributed by atoms with Crippen molar-refractivity contribution in [2.24, 2.45) is 0 Å². The SMILES string of the molecule is O=CNC(CO)c1ccc(-c2cnccn2)cc1. The molecular formula is C13H13N3O2. The maximum Gasteiger partial charge on any atom is 0.207 e. The van der Waals surface area contributed by atoms with Gasteiger partial charge in [-0.3, -0.25) is 14.8 Å². The molecule has 0 aliphatic heterocycles. The molecule has 1 atom stereocenters. The van der Waals surface area contributed by atoms with Crippen LogP contribution in [0.2, 0.25) is 0 Å². The van der Waals surface area contributed by atoms with Gasteiger partial charge in [-0.1, -0.05) is 24.3 Å². The van der Waals surface area contributed by atoms with Crippen molar-refractivity contribution in [1.82, 2.24) is 15.3 Å². The van der Waals surface area contributed by atoms with E-state index in [-0.39, 0.29) is 12.6 Å². The molecule has 0 saturated heterocycles. The zero-order chi connectivity index (χ0) is 12.8. The minimum Gasteiger partial charge on any atom is -0.394 e. The molecule has 92 valence electrons. The number of aliphatic hydroxyl groups is 1. The maximum absolute atomic E-state index is 10.4. The van der Waals surface area contributed by atoms with Crippen LogP contribution in [0.15, 0.2) is 42.9 Å². The fourth-order valence-corrected chi connectivity index (χ4v) is 1.67. The average Bonchev–Trinajstić information content (AvgIpc) is 2.46. The van der Waals surface area contributed by atoms with Gasteiger partial charge in [0, 0.05) is 18.0 Å². The van der Waals surface area contributed by atoms with Crippen molar-refractivity contribution in [2.45, 2.75) is 6.04 Å². The molecule has 0 fully saturated rings. The first-order chi connectivity index (χ1) is 8.85. The number of carbonyl (C=O) groups excluding carboxylic acids is 1. The third-order valence-corrected chi connectivity index (χ3v) is 2.62. The molecule has 2 aromatic rings. The van der Waals surface area contributed by atoms with Gasteiger partial charge in [-0.2, -0.15) is 0 Å². The van der Waals surface area contributed by atoms with Crippen molar-refractivity contribution < 1.29 is 9.90 Å². The lowest BCUT2D eigenvalue weighted by atomic mass is 10.0. The van der Waals surface area contributed by atoms with Crippen molar-refractivity contribution in [3.63, 3.8) is 0 Å². The Balaban J connectivity index is 2.22. The molecule has 0 spiro atoms.